The van der Waals surface area contributed by atoms with E-state index in [1.807, 2.05) is 56.3 Å². The van der Waals surface area contributed by atoms with Crippen LogP contribution in [-0.2, 0) is 4.79 Å². The van der Waals surface area contributed by atoms with Crippen LogP contribution in [0.25, 0.3) is 0 Å². The summed E-state index contributed by atoms with van der Waals surface area (Å²) in [7, 11) is 0. The number of nitrogens with one attached hydrogen (secondary N) is 1. The van der Waals surface area contributed by atoms with Gasteiger partial charge in [0.1, 0.15) is 0 Å². The standard InChI is InChI=1S/C19H20N2O2/c1-13-7-9-16(10-8-13)21-12-15(11-18(21)22)20-19(23)17-6-4-3-5-14(17)2/h3-10,15H,11-12H2,1-2H3,(H,20,23)/t15-/m0/s1. The molecule has 0 bridgehead atoms. The SMILES string of the molecule is Cc1ccc(N2C[C@@H](NC(=O)c3ccccc3C)CC2=O)cc1. The fourth-order valence-electron chi connectivity index (χ4n) is 2.87. The van der Waals surface area contributed by atoms with E-state index in [4.69, 9.17) is 0 Å². The monoisotopic (exact) mass is 308 g/mol. The average Bonchev–Trinajstić information content (AvgIpc) is 2.89. The van der Waals surface area contributed by atoms with Gasteiger partial charge in [-0.15, -0.1) is 0 Å². The molecule has 1 fully saturated rings. The number of carbonyl (C=O) groups excluding carboxylic acids is 2. The van der Waals surface area contributed by atoms with Gasteiger partial charge >= 0.3 is 0 Å². The van der Waals surface area contributed by atoms with Crippen LogP contribution in [0.15, 0.2) is 48.5 Å². The first-order chi connectivity index (χ1) is 11.0. The lowest BCUT2D eigenvalue weighted by Crippen LogP contribution is -2.37. The van der Waals surface area contributed by atoms with Gasteiger partial charge in [0.25, 0.3) is 5.91 Å². The van der Waals surface area contributed by atoms with Crippen LogP contribution in [0.1, 0.15) is 27.9 Å². The second-order valence-corrected chi connectivity index (χ2v) is 6.03. The molecular weight excluding hydrogens is 288 g/mol. The highest BCUT2D eigenvalue weighted by atomic mass is 16.2. The minimum Gasteiger partial charge on any atom is -0.347 e. The van der Waals surface area contributed by atoms with Gasteiger partial charge in [0.05, 0.1) is 6.04 Å². The van der Waals surface area contributed by atoms with Crippen molar-refractivity contribution in [3.63, 3.8) is 0 Å². The van der Waals surface area contributed by atoms with Crippen LogP contribution in [0, 0.1) is 13.8 Å². The van der Waals surface area contributed by atoms with E-state index in [1.165, 1.54) is 0 Å². The van der Waals surface area contributed by atoms with Crippen molar-refractivity contribution in [3.05, 3.63) is 65.2 Å². The van der Waals surface area contributed by atoms with Gasteiger partial charge in [0, 0.05) is 24.2 Å². The molecule has 1 N–H and O–H groups in total. The Morgan fingerprint density at radius 1 is 1.09 bits per heavy atom. The minimum absolute atomic E-state index is 0.0453. The van der Waals surface area contributed by atoms with Crippen molar-refractivity contribution in [3.8, 4) is 0 Å². The van der Waals surface area contributed by atoms with Crippen LogP contribution in [0.4, 0.5) is 5.69 Å². The van der Waals surface area contributed by atoms with Gasteiger partial charge in [-0.1, -0.05) is 35.9 Å². The van der Waals surface area contributed by atoms with Gasteiger partial charge < -0.3 is 10.2 Å². The van der Waals surface area contributed by atoms with Crippen LogP contribution in [0.2, 0.25) is 0 Å². The topological polar surface area (TPSA) is 49.4 Å². The van der Waals surface area contributed by atoms with E-state index in [-0.39, 0.29) is 17.9 Å². The Morgan fingerprint density at radius 3 is 2.48 bits per heavy atom. The van der Waals surface area contributed by atoms with Crippen LogP contribution in [0.5, 0.6) is 0 Å². The van der Waals surface area contributed by atoms with E-state index in [2.05, 4.69) is 5.32 Å². The molecule has 2 aromatic carbocycles. The van der Waals surface area contributed by atoms with Gasteiger partial charge in [-0.2, -0.15) is 0 Å². The third kappa shape index (κ3) is 3.26. The summed E-state index contributed by atoms with van der Waals surface area (Å²) in [4.78, 5) is 26.3. The highest BCUT2D eigenvalue weighted by Gasteiger charge is 2.31. The fraction of sp³-hybridized carbons (Fsp3) is 0.263. The molecule has 2 aromatic rings. The maximum Gasteiger partial charge on any atom is 0.251 e. The molecule has 2 amide bonds. The lowest BCUT2D eigenvalue weighted by Gasteiger charge is -2.17. The second-order valence-electron chi connectivity index (χ2n) is 6.03. The lowest BCUT2D eigenvalue weighted by molar-refractivity contribution is -0.117. The van der Waals surface area contributed by atoms with E-state index in [9.17, 15) is 9.59 Å². The fourth-order valence-corrected chi connectivity index (χ4v) is 2.87. The summed E-state index contributed by atoms with van der Waals surface area (Å²) >= 11 is 0. The van der Waals surface area contributed by atoms with Crippen molar-refractivity contribution >= 4 is 17.5 Å². The van der Waals surface area contributed by atoms with Crippen molar-refractivity contribution in [2.24, 2.45) is 0 Å². The van der Waals surface area contributed by atoms with Gasteiger partial charge in [-0.05, 0) is 37.6 Å². The number of hydrogen-bond donors (Lipinski definition) is 1. The van der Waals surface area contributed by atoms with E-state index >= 15 is 0 Å². The smallest absolute Gasteiger partial charge is 0.251 e. The summed E-state index contributed by atoms with van der Waals surface area (Å²) in [5.41, 5.74) is 3.64. The first kappa shape index (κ1) is 15.3. The maximum absolute atomic E-state index is 12.4. The molecule has 1 atom stereocenters. The largest absolute Gasteiger partial charge is 0.347 e. The van der Waals surface area contributed by atoms with Gasteiger partial charge in [-0.3, -0.25) is 9.59 Å². The summed E-state index contributed by atoms with van der Waals surface area (Å²) in [6, 6.07) is 15.2. The first-order valence-corrected chi connectivity index (χ1v) is 7.78. The third-order valence-corrected chi connectivity index (χ3v) is 4.20. The van der Waals surface area contributed by atoms with E-state index < -0.39 is 0 Å². The maximum atomic E-state index is 12.4. The molecule has 0 aliphatic carbocycles. The molecule has 1 saturated heterocycles. The third-order valence-electron chi connectivity index (χ3n) is 4.20. The molecule has 0 radical (unpaired) electrons. The van der Waals surface area contributed by atoms with Crippen molar-refractivity contribution < 1.29 is 9.59 Å². The van der Waals surface area contributed by atoms with Crippen molar-refractivity contribution in [2.45, 2.75) is 26.3 Å². The summed E-state index contributed by atoms with van der Waals surface area (Å²) in [5, 5.41) is 2.98. The Morgan fingerprint density at radius 2 is 1.78 bits per heavy atom. The Kier molecular flexibility index (Phi) is 4.15. The highest BCUT2D eigenvalue weighted by Crippen LogP contribution is 2.22. The first-order valence-electron chi connectivity index (χ1n) is 7.78. The lowest BCUT2D eigenvalue weighted by atomic mass is 10.1. The van der Waals surface area contributed by atoms with Crippen molar-refractivity contribution in [2.75, 3.05) is 11.4 Å². The quantitative estimate of drug-likeness (QED) is 0.948. The number of anilines is 1. The zero-order chi connectivity index (χ0) is 16.4. The van der Waals surface area contributed by atoms with Crippen LogP contribution < -0.4 is 10.2 Å². The molecule has 23 heavy (non-hydrogen) atoms. The molecule has 3 rings (SSSR count). The number of hydrogen-bond acceptors (Lipinski definition) is 2. The molecule has 0 unspecified atom stereocenters. The molecule has 0 saturated carbocycles. The van der Waals surface area contributed by atoms with E-state index in [1.54, 1.807) is 11.0 Å². The normalized spacial score (nSPS) is 17.4. The zero-order valence-corrected chi connectivity index (χ0v) is 13.4. The van der Waals surface area contributed by atoms with E-state index in [0.29, 0.717) is 18.5 Å². The number of benzene rings is 2. The van der Waals surface area contributed by atoms with Gasteiger partial charge in [0.2, 0.25) is 5.91 Å². The van der Waals surface area contributed by atoms with Gasteiger partial charge in [0.15, 0.2) is 0 Å². The number of carbonyl (C=O) groups is 2. The molecule has 0 spiro atoms. The molecule has 4 nitrogen and oxygen atoms in total. The van der Waals surface area contributed by atoms with Crippen LogP contribution >= 0.6 is 0 Å². The number of nitrogens with zero attached hydrogens (tertiary/aromatic N) is 1. The zero-order valence-electron chi connectivity index (χ0n) is 13.4. The molecule has 4 heteroatoms. The predicted molar refractivity (Wildman–Crippen MR) is 90.6 cm³/mol. The molecule has 1 aliphatic rings. The summed E-state index contributed by atoms with van der Waals surface area (Å²) in [6.45, 7) is 4.44. The molecule has 1 heterocycles. The Hall–Kier alpha value is -2.62. The Labute approximate surface area is 136 Å². The number of amides is 2. The van der Waals surface area contributed by atoms with Gasteiger partial charge in [-0.25, -0.2) is 0 Å². The predicted octanol–water partition coefficient (Wildman–Crippen LogP) is 2.84. The molecule has 0 aromatic heterocycles. The molecular formula is C19H20N2O2. The van der Waals surface area contributed by atoms with Crippen LogP contribution in [0.3, 0.4) is 0 Å². The highest BCUT2D eigenvalue weighted by molar-refractivity contribution is 5.99. The second kappa shape index (κ2) is 6.24. The number of rotatable bonds is 3. The summed E-state index contributed by atoms with van der Waals surface area (Å²) in [5.74, 6) is -0.0735. The van der Waals surface area contributed by atoms with Crippen molar-refractivity contribution in [1.29, 1.82) is 0 Å². The average molecular weight is 308 g/mol. The summed E-state index contributed by atoms with van der Waals surface area (Å²) in [6.07, 6.45) is 0.339. The minimum atomic E-state index is -0.157. The number of aryl methyl sites for hydroxylation is 2. The van der Waals surface area contributed by atoms with Crippen molar-refractivity contribution in [1.82, 2.24) is 5.32 Å². The molecule has 1 aliphatic heterocycles. The summed E-state index contributed by atoms with van der Waals surface area (Å²) < 4.78 is 0. The Bertz CT molecular complexity index is 737. The Balaban J connectivity index is 1.69. The van der Waals surface area contributed by atoms with E-state index in [0.717, 1.165) is 16.8 Å². The van der Waals surface area contributed by atoms with Crippen LogP contribution in [-0.4, -0.2) is 24.4 Å². The molecule has 118 valence electrons.